The summed E-state index contributed by atoms with van der Waals surface area (Å²) < 4.78 is 0. The van der Waals surface area contributed by atoms with Gasteiger partial charge in [0.2, 0.25) is 5.91 Å². The van der Waals surface area contributed by atoms with E-state index >= 15 is 0 Å². The van der Waals surface area contributed by atoms with E-state index in [0.29, 0.717) is 25.2 Å². The molecule has 7 nitrogen and oxygen atoms in total. The van der Waals surface area contributed by atoms with Crippen LogP contribution in [0, 0.1) is 0 Å². The van der Waals surface area contributed by atoms with Crippen LogP contribution in [0.4, 0.5) is 0 Å². The number of rotatable bonds is 5. The van der Waals surface area contributed by atoms with Crippen molar-refractivity contribution in [1.29, 1.82) is 0 Å². The minimum absolute atomic E-state index is 0.0561. The van der Waals surface area contributed by atoms with Crippen molar-refractivity contribution in [3.63, 3.8) is 0 Å². The number of hydrogen-bond acceptors (Lipinski definition) is 6. The Morgan fingerprint density at radius 2 is 2.05 bits per heavy atom. The molecule has 1 fully saturated rings. The van der Waals surface area contributed by atoms with Crippen molar-refractivity contribution in [1.82, 2.24) is 15.1 Å². The highest BCUT2D eigenvalue weighted by atomic mass is 16.3. The molecule has 1 unspecified atom stereocenters. The lowest BCUT2D eigenvalue weighted by molar-refractivity contribution is -0.137. The van der Waals surface area contributed by atoms with Gasteiger partial charge in [-0.1, -0.05) is 0 Å². The number of carbonyl (C=O) groups excluding carboxylic acids is 1. The summed E-state index contributed by atoms with van der Waals surface area (Å²) in [5, 5.41) is 31.9. The molecule has 1 aliphatic heterocycles. The third-order valence-corrected chi connectivity index (χ3v) is 3.86. The number of benzene rings is 1. The third kappa shape index (κ3) is 3.68. The number of phenolic OH excluding ortho intramolecular Hbond substituents is 2. The van der Waals surface area contributed by atoms with Crippen LogP contribution in [-0.2, 0) is 4.79 Å². The Hall–Kier alpha value is -1.83. The molecule has 1 aromatic carbocycles. The zero-order valence-electron chi connectivity index (χ0n) is 12.7. The van der Waals surface area contributed by atoms with Gasteiger partial charge in [-0.05, 0) is 19.2 Å². The van der Waals surface area contributed by atoms with Gasteiger partial charge >= 0.3 is 0 Å². The van der Waals surface area contributed by atoms with Crippen molar-refractivity contribution < 1.29 is 20.1 Å². The van der Waals surface area contributed by atoms with Crippen molar-refractivity contribution in [2.45, 2.75) is 6.04 Å². The van der Waals surface area contributed by atoms with Crippen LogP contribution in [0.25, 0.3) is 0 Å². The molecule has 2 rings (SSSR count). The maximum atomic E-state index is 12.9. The summed E-state index contributed by atoms with van der Waals surface area (Å²) in [7, 11) is 1.73. The molecule has 1 saturated heterocycles. The van der Waals surface area contributed by atoms with Crippen molar-refractivity contribution in [3.05, 3.63) is 23.8 Å². The SMILES string of the molecule is CN(CCO)C(C(=O)N1CCNCC1)c1ccc(O)cc1O. The molecule has 4 N–H and O–H groups in total. The first kappa shape index (κ1) is 16.5. The number of amides is 1. The van der Waals surface area contributed by atoms with E-state index in [1.807, 2.05) is 0 Å². The molecule has 122 valence electrons. The zero-order chi connectivity index (χ0) is 16.1. The summed E-state index contributed by atoms with van der Waals surface area (Å²) in [4.78, 5) is 16.3. The highest BCUT2D eigenvalue weighted by molar-refractivity contribution is 5.84. The molecule has 0 saturated carbocycles. The fourth-order valence-electron chi connectivity index (χ4n) is 2.67. The largest absolute Gasteiger partial charge is 0.508 e. The standard InChI is InChI=1S/C15H23N3O4/c1-17(8-9-19)14(12-3-2-11(20)10-13(12)21)15(22)18-6-4-16-5-7-18/h2-3,10,14,16,19-21H,4-9H2,1H3. The molecule has 1 atom stereocenters. The Balaban J connectivity index is 2.30. The fourth-order valence-corrected chi connectivity index (χ4v) is 2.67. The van der Waals surface area contributed by atoms with E-state index in [-0.39, 0.29) is 24.0 Å². The van der Waals surface area contributed by atoms with Gasteiger partial charge in [0.05, 0.1) is 6.61 Å². The van der Waals surface area contributed by atoms with Crippen LogP contribution in [-0.4, -0.2) is 77.4 Å². The second-order valence-electron chi connectivity index (χ2n) is 5.43. The van der Waals surface area contributed by atoms with E-state index in [1.54, 1.807) is 22.9 Å². The third-order valence-electron chi connectivity index (χ3n) is 3.86. The lowest BCUT2D eigenvalue weighted by Crippen LogP contribution is -2.50. The number of carbonyl (C=O) groups is 1. The van der Waals surface area contributed by atoms with E-state index in [1.165, 1.54) is 12.1 Å². The Labute approximate surface area is 129 Å². The summed E-state index contributed by atoms with van der Waals surface area (Å²) in [6, 6.07) is 3.52. The second-order valence-corrected chi connectivity index (χ2v) is 5.43. The monoisotopic (exact) mass is 309 g/mol. The van der Waals surface area contributed by atoms with Crippen LogP contribution in [0.5, 0.6) is 11.5 Å². The smallest absolute Gasteiger partial charge is 0.244 e. The molecule has 1 aliphatic rings. The van der Waals surface area contributed by atoms with Crippen LogP contribution in [0.3, 0.4) is 0 Å². The fraction of sp³-hybridized carbons (Fsp3) is 0.533. The van der Waals surface area contributed by atoms with Crippen LogP contribution >= 0.6 is 0 Å². The normalized spacial score (nSPS) is 16.8. The average Bonchev–Trinajstić information content (AvgIpc) is 2.51. The number of aliphatic hydroxyl groups is 1. The van der Waals surface area contributed by atoms with Gasteiger partial charge in [-0.3, -0.25) is 9.69 Å². The molecular formula is C15H23N3O4. The number of likely N-dealkylation sites (N-methyl/N-ethyl adjacent to an activating group) is 1. The molecule has 1 heterocycles. The van der Waals surface area contributed by atoms with Crippen molar-refractivity contribution in [2.24, 2.45) is 0 Å². The minimum atomic E-state index is -0.689. The number of nitrogens with one attached hydrogen (secondary N) is 1. The Morgan fingerprint density at radius 3 is 2.64 bits per heavy atom. The summed E-state index contributed by atoms with van der Waals surface area (Å²) >= 11 is 0. The van der Waals surface area contributed by atoms with Gasteiger partial charge in [-0.25, -0.2) is 0 Å². The number of aliphatic hydroxyl groups excluding tert-OH is 1. The quantitative estimate of drug-likeness (QED) is 0.585. The number of hydrogen-bond donors (Lipinski definition) is 4. The summed E-state index contributed by atoms with van der Waals surface area (Å²) in [5.41, 5.74) is 0.428. The van der Waals surface area contributed by atoms with Crippen molar-refractivity contribution in [2.75, 3.05) is 46.4 Å². The number of aromatic hydroxyl groups is 2. The van der Waals surface area contributed by atoms with Gasteiger partial charge in [-0.2, -0.15) is 0 Å². The van der Waals surface area contributed by atoms with Gasteiger partial charge < -0.3 is 25.5 Å². The van der Waals surface area contributed by atoms with E-state index in [9.17, 15) is 15.0 Å². The number of phenols is 2. The molecule has 0 aromatic heterocycles. The summed E-state index contributed by atoms with van der Waals surface area (Å²) in [5.74, 6) is -0.295. The Morgan fingerprint density at radius 1 is 1.36 bits per heavy atom. The summed E-state index contributed by atoms with van der Waals surface area (Å²) in [6.45, 7) is 2.93. The van der Waals surface area contributed by atoms with Crippen molar-refractivity contribution >= 4 is 5.91 Å². The lowest BCUT2D eigenvalue weighted by atomic mass is 10.0. The molecular weight excluding hydrogens is 286 g/mol. The molecule has 0 radical (unpaired) electrons. The van der Waals surface area contributed by atoms with Gasteiger partial charge in [0.1, 0.15) is 17.5 Å². The predicted molar refractivity (Wildman–Crippen MR) is 81.7 cm³/mol. The van der Waals surface area contributed by atoms with E-state index in [4.69, 9.17) is 5.11 Å². The van der Waals surface area contributed by atoms with Gasteiger partial charge in [0.25, 0.3) is 0 Å². The number of nitrogens with zero attached hydrogens (tertiary/aromatic N) is 2. The van der Waals surface area contributed by atoms with Crippen molar-refractivity contribution in [3.8, 4) is 11.5 Å². The number of piperazine rings is 1. The molecule has 1 aromatic rings. The Bertz CT molecular complexity index is 518. The molecule has 7 heteroatoms. The Kier molecular flexibility index (Phi) is 5.59. The first-order valence-corrected chi connectivity index (χ1v) is 7.37. The molecule has 22 heavy (non-hydrogen) atoms. The second kappa shape index (κ2) is 7.44. The molecule has 0 aliphatic carbocycles. The molecule has 1 amide bonds. The van der Waals surface area contributed by atoms with Gasteiger partial charge in [-0.15, -0.1) is 0 Å². The zero-order valence-corrected chi connectivity index (χ0v) is 12.7. The van der Waals surface area contributed by atoms with E-state index in [2.05, 4.69) is 5.32 Å². The highest BCUT2D eigenvalue weighted by Gasteiger charge is 2.31. The summed E-state index contributed by atoms with van der Waals surface area (Å²) in [6.07, 6.45) is 0. The molecule has 0 bridgehead atoms. The predicted octanol–water partition coefficient (Wildman–Crippen LogP) is -0.505. The maximum Gasteiger partial charge on any atom is 0.244 e. The maximum absolute atomic E-state index is 12.9. The van der Waals surface area contributed by atoms with Crippen LogP contribution in [0.15, 0.2) is 18.2 Å². The lowest BCUT2D eigenvalue weighted by Gasteiger charge is -2.35. The van der Waals surface area contributed by atoms with E-state index < -0.39 is 6.04 Å². The average molecular weight is 309 g/mol. The van der Waals surface area contributed by atoms with Crippen LogP contribution in [0.1, 0.15) is 11.6 Å². The van der Waals surface area contributed by atoms with Crippen LogP contribution < -0.4 is 5.32 Å². The topological polar surface area (TPSA) is 96.3 Å². The highest BCUT2D eigenvalue weighted by Crippen LogP contribution is 2.32. The minimum Gasteiger partial charge on any atom is -0.508 e. The first-order valence-electron chi connectivity index (χ1n) is 7.37. The van der Waals surface area contributed by atoms with Crippen LogP contribution in [0.2, 0.25) is 0 Å². The molecule has 0 spiro atoms. The van der Waals surface area contributed by atoms with Gasteiger partial charge in [0.15, 0.2) is 0 Å². The first-order chi connectivity index (χ1) is 10.5. The van der Waals surface area contributed by atoms with Gasteiger partial charge in [0, 0.05) is 44.4 Å². The van der Waals surface area contributed by atoms with E-state index in [0.717, 1.165) is 13.1 Å².